The summed E-state index contributed by atoms with van der Waals surface area (Å²) in [5, 5.41) is 18.8. The number of ether oxygens (including phenoxy) is 2. The van der Waals surface area contributed by atoms with Crippen molar-refractivity contribution in [3.05, 3.63) is 59.7 Å². The summed E-state index contributed by atoms with van der Waals surface area (Å²) in [5.41, 5.74) is 1.66. The monoisotopic (exact) mass is 481 g/mol. The van der Waals surface area contributed by atoms with Crippen LogP contribution < -0.4 is 5.32 Å². The molecule has 0 saturated carbocycles. The molecular weight excluding hydrogens is 458 g/mol. The Morgan fingerprint density at radius 2 is 1.75 bits per heavy atom. The topological polar surface area (TPSA) is 94.7 Å². The Bertz CT molecular complexity index is 1870. The Kier molecular flexibility index (Phi) is 3.44. The number of hydrogen-bond acceptors (Lipinski definition) is 5. The zero-order valence-corrected chi connectivity index (χ0v) is 20.0. The molecule has 2 aromatic heterocycles. The van der Waals surface area contributed by atoms with E-state index in [0.29, 0.717) is 5.56 Å². The van der Waals surface area contributed by atoms with Gasteiger partial charge in [-0.05, 0) is 31.5 Å². The molecule has 3 aromatic carbocycles. The van der Waals surface area contributed by atoms with Gasteiger partial charge in [0.15, 0.2) is 5.72 Å². The molecule has 3 aliphatic rings. The number of carbonyl (C=O) groups excluding carboxylic acids is 2. The smallest absolute Gasteiger partial charge is 0.343 e. The number of benzene rings is 3. The lowest BCUT2D eigenvalue weighted by Crippen LogP contribution is -2.56. The van der Waals surface area contributed by atoms with Crippen molar-refractivity contribution in [1.82, 2.24) is 14.5 Å². The van der Waals surface area contributed by atoms with Crippen molar-refractivity contribution in [1.29, 1.82) is 0 Å². The van der Waals surface area contributed by atoms with Crippen LogP contribution in [0.3, 0.4) is 0 Å². The van der Waals surface area contributed by atoms with Crippen LogP contribution in [-0.4, -0.2) is 38.8 Å². The van der Waals surface area contributed by atoms with Crippen LogP contribution >= 0.6 is 0 Å². The van der Waals surface area contributed by atoms with Crippen molar-refractivity contribution >= 4 is 55.5 Å². The number of aliphatic hydroxyl groups is 1. The lowest BCUT2D eigenvalue weighted by atomic mass is 9.88. The van der Waals surface area contributed by atoms with Crippen molar-refractivity contribution in [2.75, 3.05) is 7.11 Å². The second-order valence-corrected chi connectivity index (χ2v) is 10.3. The van der Waals surface area contributed by atoms with E-state index >= 15 is 0 Å². The van der Waals surface area contributed by atoms with E-state index in [0.717, 1.165) is 49.2 Å². The van der Waals surface area contributed by atoms with Gasteiger partial charge in [-0.1, -0.05) is 36.4 Å². The van der Waals surface area contributed by atoms with Gasteiger partial charge in [-0.15, -0.1) is 0 Å². The fourth-order valence-electron chi connectivity index (χ4n) is 7.17. The van der Waals surface area contributed by atoms with Gasteiger partial charge < -0.3 is 29.0 Å². The average Bonchev–Trinajstić information content (AvgIpc) is 3.54. The third-order valence-electron chi connectivity index (χ3n) is 8.65. The molecule has 2 N–H and O–H groups in total. The zero-order chi connectivity index (χ0) is 24.7. The first kappa shape index (κ1) is 20.3. The van der Waals surface area contributed by atoms with Crippen LogP contribution in [-0.2, 0) is 20.0 Å². The lowest BCUT2D eigenvalue weighted by Gasteiger charge is -2.37. The van der Waals surface area contributed by atoms with Gasteiger partial charge in [0.05, 0.1) is 40.8 Å². The Morgan fingerprint density at radius 3 is 2.47 bits per heavy atom. The van der Waals surface area contributed by atoms with Gasteiger partial charge in [0.1, 0.15) is 6.23 Å². The van der Waals surface area contributed by atoms with Crippen molar-refractivity contribution in [3.63, 3.8) is 0 Å². The Morgan fingerprint density at radius 1 is 1.08 bits per heavy atom. The van der Waals surface area contributed by atoms with E-state index in [-0.39, 0.29) is 18.4 Å². The number of fused-ring (bicyclic) bond motifs is 13. The Balaban J connectivity index is 1.74. The fraction of sp³-hybridized carbons (Fsp3) is 0.286. The number of amides is 1. The maximum Gasteiger partial charge on any atom is 0.343 e. The number of para-hydroxylation sites is 2. The van der Waals surface area contributed by atoms with E-state index in [9.17, 15) is 14.7 Å². The van der Waals surface area contributed by atoms with E-state index in [1.54, 1.807) is 6.92 Å². The number of nitrogens with one attached hydrogen (secondary N) is 1. The first-order chi connectivity index (χ1) is 17.3. The van der Waals surface area contributed by atoms with Crippen molar-refractivity contribution in [2.24, 2.45) is 0 Å². The normalized spacial score (nSPS) is 28.4. The molecule has 5 heterocycles. The molecule has 1 unspecified atom stereocenters. The molecule has 1 fully saturated rings. The summed E-state index contributed by atoms with van der Waals surface area (Å²) in [6.45, 7) is 3.76. The number of methoxy groups -OCH3 is 1. The molecule has 8 heteroatoms. The summed E-state index contributed by atoms with van der Waals surface area (Å²) < 4.78 is 15.9. The number of rotatable bonds is 1. The van der Waals surface area contributed by atoms with Crippen LogP contribution in [0.4, 0.5) is 0 Å². The fourth-order valence-corrected chi connectivity index (χ4v) is 7.17. The van der Waals surface area contributed by atoms with E-state index < -0.39 is 23.5 Å². The van der Waals surface area contributed by atoms with Gasteiger partial charge in [-0.25, -0.2) is 4.79 Å². The van der Waals surface area contributed by atoms with E-state index in [1.165, 1.54) is 7.11 Å². The minimum Gasteiger partial charge on any atom is -0.467 e. The van der Waals surface area contributed by atoms with Crippen LogP contribution in [0.2, 0.25) is 0 Å². The molecule has 4 atom stereocenters. The van der Waals surface area contributed by atoms with E-state index in [2.05, 4.69) is 9.88 Å². The quantitative estimate of drug-likeness (QED) is 0.350. The second-order valence-electron chi connectivity index (χ2n) is 10.3. The summed E-state index contributed by atoms with van der Waals surface area (Å²) in [6, 6.07) is 15.6. The largest absolute Gasteiger partial charge is 0.467 e. The highest BCUT2D eigenvalue weighted by molar-refractivity contribution is 6.31. The highest BCUT2D eigenvalue weighted by atomic mass is 16.6. The maximum atomic E-state index is 13.4. The molecule has 0 aliphatic carbocycles. The van der Waals surface area contributed by atoms with Crippen molar-refractivity contribution in [2.45, 2.75) is 43.9 Å². The van der Waals surface area contributed by atoms with E-state index in [4.69, 9.17) is 9.47 Å². The molecule has 2 bridgehead atoms. The van der Waals surface area contributed by atoms with Crippen LogP contribution in [0.15, 0.2) is 48.5 Å². The predicted molar refractivity (Wildman–Crippen MR) is 134 cm³/mol. The number of hydrogen-bond donors (Lipinski definition) is 2. The highest BCUT2D eigenvalue weighted by Crippen LogP contribution is 2.58. The summed E-state index contributed by atoms with van der Waals surface area (Å²) in [7, 11) is 1.28. The molecule has 8 rings (SSSR count). The number of aromatic nitrogens is 2. The summed E-state index contributed by atoms with van der Waals surface area (Å²) in [6.07, 6.45) is -0.639. The Labute approximate surface area is 205 Å². The van der Waals surface area contributed by atoms with Crippen LogP contribution in [0.1, 0.15) is 48.5 Å². The lowest BCUT2D eigenvalue weighted by molar-refractivity contribution is -0.202. The van der Waals surface area contributed by atoms with Crippen LogP contribution in [0.25, 0.3) is 43.6 Å². The standard InChI is InChI=1S/C28H23N3O5/c1-13-19-20-15-9-5-7-11-17(15)31-24(20)23-21(22(19)25(32)29-13)14-8-4-6-10-16(14)30(23)18-12-28(34,26(33)35-3)27(31,2)36-18/h4-11,13,18,34H,12H2,1-3H3,(H,29,32)/t13?,18-,27+,28+/m0/s1. The van der Waals surface area contributed by atoms with E-state index in [1.807, 2.05) is 60.0 Å². The summed E-state index contributed by atoms with van der Waals surface area (Å²) >= 11 is 0. The first-order valence-electron chi connectivity index (χ1n) is 12.1. The van der Waals surface area contributed by atoms with Gasteiger partial charge in [0.25, 0.3) is 5.91 Å². The highest BCUT2D eigenvalue weighted by Gasteiger charge is 2.65. The molecule has 8 nitrogen and oxygen atoms in total. The van der Waals surface area contributed by atoms with Gasteiger partial charge >= 0.3 is 5.97 Å². The molecule has 3 aliphatic heterocycles. The molecule has 180 valence electrons. The number of nitrogens with zero attached hydrogens (tertiary/aromatic N) is 2. The zero-order valence-electron chi connectivity index (χ0n) is 20.0. The second kappa shape index (κ2) is 6.08. The SMILES string of the molecule is COC(=O)[C@]1(O)C[C@@H]2O[C@@]1(C)n1c3ccccc3c3c4c(c5c6ccccc6n2c5c31)C(=O)NC4C. The number of esters is 1. The minimum atomic E-state index is -1.94. The number of carbonyl (C=O) groups is 2. The van der Waals surface area contributed by atoms with Gasteiger partial charge in [-0.3, -0.25) is 4.79 Å². The molecular formula is C28H23N3O5. The Hall–Kier alpha value is -3.88. The molecule has 1 amide bonds. The van der Waals surface area contributed by atoms with Crippen LogP contribution in [0.5, 0.6) is 0 Å². The molecule has 5 aromatic rings. The third kappa shape index (κ3) is 1.93. The maximum absolute atomic E-state index is 13.4. The minimum absolute atomic E-state index is 0.0110. The van der Waals surface area contributed by atoms with Crippen molar-refractivity contribution in [3.8, 4) is 0 Å². The molecule has 1 saturated heterocycles. The molecule has 36 heavy (non-hydrogen) atoms. The van der Waals surface area contributed by atoms with Gasteiger partial charge in [0, 0.05) is 28.0 Å². The average molecular weight is 482 g/mol. The summed E-state index contributed by atoms with van der Waals surface area (Å²) in [4.78, 5) is 26.6. The van der Waals surface area contributed by atoms with Gasteiger partial charge in [0.2, 0.25) is 5.60 Å². The summed E-state index contributed by atoms with van der Waals surface area (Å²) in [5.74, 6) is -0.826. The molecule has 0 spiro atoms. The third-order valence-corrected chi connectivity index (χ3v) is 8.65. The molecule has 0 radical (unpaired) electrons. The predicted octanol–water partition coefficient (Wildman–Crippen LogP) is 4.22. The van der Waals surface area contributed by atoms with Gasteiger partial charge in [-0.2, -0.15) is 0 Å². The van der Waals surface area contributed by atoms with Crippen molar-refractivity contribution < 1.29 is 24.2 Å². The van der Waals surface area contributed by atoms with Crippen LogP contribution in [0, 0.1) is 0 Å². The first-order valence-corrected chi connectivity index (χ1v) is 12.1.